The van der Waals surface area contributed by atoms with E-state index < -0.39 is 17.4 Å². The molecule has 0 unspecified atom stereocenters. The third-order valence-electron chi connectivity index (χ3n) is 9.51. The van der Waals surface area contributed by atoms with Crippen molar-refractivity contribution in [3.63, 3.8) is 0 Å². The summed E-state index contributed by atoms with van der Waals surface area (Å²) in [5.41, 5.74) is 2.62. The van der Waals surface area contributed by atoms with Crippen molar-refractivity contribution in [3.05, 3.63) is 82.9 Å². The maximum atomic E-state index is 13.8. The van der Waals surface area contributed by atoms with Crippen LogP contribution in [-0.2, 0) is 23.2 Å². The number of rotatable bonds is 7. The van der Waals surface area contributed by atoms with Gasteiger partial charge in [0, 0.05) is 42.4 Å². The molecule has 0 aliphatic heterocycles. The van der Waals surface area contributed by atoms with E-state index in [0.717, 1.165) is 36.8 Å². The zero-order valence-electron chi connectivity index (χ0n) is 24.5. The topological polar surface area (TPSA) is 127 Å². The zero-order valence-corrected chi connectivity index (χ0v) is 24.5. The molecule has 1 fully saturated rings. The lowest BCUT2D eigenvalue weighted by Gasteiger charge is -2.40. The van der Waals surface area contributed by atoms with Gasteiger partial charge in [-0.25, -0.2) is 0 Å². The van der Waals surface area contributed by atoms with Gasteiger partial charge in [-0.3, -0.25) is 4.79 Å². The minimum absolute atomic E-state index is 0.0452. The molecule has 5 N–H and O–H groups in total. The van der Waals surface area contributed by atoms with Crippen molar-refractivity contribution in [2.45, 2.75) is 75.4 Å². The van der Waals surface area contributed by atoms with Crippen LogP contribution < -0.4 is 4.74 Å². The Kier molecular flexibility index (Phi) is 9.29. The molecule has 3 aromatic carbocycles. The molecule has 43 heavy (non-hydrogen) atoms. The van der Waals surface area contributed by atoms with Crippen LogP contribution in [0.1, 0.15) is 73.1 Å². The number of benzene rings is 3. The van der Waals surface area contributed by atoms with Crippen molar-refractivity contribution in [1.29, 1.82) is 0 Å². The molecular weight excluding hydrogens is 544 g/mol. The molecule has 1 saturated carbocycles. The second-order valence-electron chi connectivity index (χ2n) is 12.0. The van der Waals surface area contributed by atoms with Crippen LogP contribution in [0, 0.1) is 23.7 Å². The van der Waals surface area contributed by atoms with Gasteiger partial charge in [0.15, 0.2) is 23.0 Å². The predicted molar refractivity (Wildman–Crippen MR) is 163 cm³/mol. The maximum absolute atomic E-state index is 13.8. The second-order valence-corrected chi connectivity index (χ2v) is 12.0. The van der Waals surface area contributed by atoms with Gasteiger partial charge in [-0.1, -0.05) is 55.2 Å². The smallest absolute Gasteiger partial charge is 0.160 e. The van der Waals surface area contributed by atoms with Crippen molar-refractivity contribution in [3.8, 4) is 34.8 Å². The fourth-order valence-corrected chi connectivity index (χ4v) is 7.32. The van der Waals surface area contributed by atoms with Gasteiger partial charge in [-0.05, 0) is 65.8 Å². The number of ether oxygens (including phenoxy) is 1. The lowest BCUT2D eigenvalue weighted by atomic mass is 9.64. The van der Waals surface area contributed by atoms with Gasteiger partial charge in [-0.2, -0.15) is 0 Å². The Morgan fingerprint density at radius 2 is 1.67 bits per heavy atom. The average molecular weight is 585 g/mol. The maximum Gasteiger partial charge on any atom is 0.160 e. The number of aliphatic hydroxyl groups is 2. The summed E-state index contributed by atoms with van der Waals surface area (Å²) >= 11 is 0. The highest BCUT2D eigenvalue weighted by Gasteiger charge is 2.46. The molecule has 0 amide bonds. The lowest BCUT2D eigenvalue weighted by molar-refractivity contribution is -0.122. The van der Waals surface area contributed by atoms with E-state index in [1.54, 1.807) is 12.1 Å². The highest BCUT2D eigenvalue weighted by molar-refractivity contribution is 5.80. The number of aliphatic hydroxyl groups excluding tert-OH is 2. The average Bonchev–Trinajstić information content (AvgIpc) is 3.50. The van der Waals surface area contributed by atoms with Crippen LogP contribution in [0.4, 0.5) is 0 Å². The molecule has 0 aromatic heterocycles. The van der Waals surface area contributed by atoms with E-state index in [2.05, 4.69) is 11.8 Å². The van der Waals surface area contributed by atoms with Gasteiger partial charge in [-0.15, -0.1) is 5.92 Å². The Bertz CT molecular complexity index is 1500. The van der Waals surface area contributed by atoms with Crippen LogP contribution in [0.25, 0.3) is 0 Å². The number of hydrogen-bond donors (Lipinski definition) is 5. The van der Waals surface area contributed by atoms with E-state index in [1.807, 2.05) is 36.4 Å². The quantitative estimate of drug-likeness (QED) is 0.184. The molecule has 0 radical (unpaired) electrons. The minimum Gasteiger partial charge on any atom is -0.504 e. The number of phenolic OH excluding ortho intramolecular Hbond substituents is 3. The summed E-state index contributed by atoms with van der Waals surface area (Å²) in [5.74, 6) is 5.52. The number of carbonyl (C=O) groups is 1. The van der Waals surface area contributed by atoms with Gasteiger partial charge >= 0.3 is 0 Å². The standard InChI is InChI=1S/C36H40O7/c1-43-35-21-29(25(22-37)17-34(35)42)28-19-27(38)20-32(40)30(11-7-10-24(28)16-23-8-3-2-4-9-23)36(14-5-6-15-36)26-12-13-31(39)33(41)18-26/h2-4,8-9,12-13,17-18,21,24,28,30,32,37,39-42H,5-6,11,14-16,19-20,22H2,1H3/t24-,28+,30+,32-/m0/s1. The summed E-state index contributed by atoms with van der Waals surface area (Å²) in [4.78, 5) is 13.8. The summed E-state index contributed by atoms with van der Waals surface area (Å²) in [6.07, 6.45) is 3.53. The third kappa shape index (κ3) is 6.36. The van der Waals surface area contributed by atoms with E-state index in [4.69, 9.17) is 4.74 Å². The number of aromatic hydroxyl groups is 3. The first-order valence-corrected chi connectivity index (χ1v) is 15.0. The Morgan fingerprint density at radius 3 is 2.35 bits per heavy atom. The number of Topliss-reactive ketones (excluding diaryl/α,β-unsaturated/α-hetero) is 1. The zero-order chi connectivity index (χ0) is 30.6. The van der Waals surface area contributed by atoms with Crippen molar-refractivity contribution >= 4 is 5.78 Å². The molecule has 0 bridgehead atoms. The first kappa shape index (κ1) is 30.5. The van der Waals surface area contributed by atoms with Gasteiger partial charge in [0.1, 0.15) is 5.78 Å². The van der Waals surface area contributed by atoms with Crippen molar-refractivity contribution in [1.82, 2.24) is 0 Å². The Balaban J connectivity index is 1.60. The van der Waals surface area contributed by atoms with Gasteiger partial charge in [0.25, 0.3) is 0 Å². The van der Waals surface area contributed by atoms with E-state index in [-0.39, 0.29) is 60.1 Å². The Hall–Kier alpha value is -3.99. The molecule has 226 valence electrons. The van der Waals surface area contributed by atoms with Crippen LogP contribution >= 0.6 is 0 Å². The molecule has 4 atom stereocenters. The fourth-order valence-electron chi connectivity index (χ4n) is 7.32. The van der Waals surface area contributed by atoms with Crippen LogP contribution in [0.5, 0.6) is 23.0 Å². The summed E-state index contributed by atoms with van der Waals surface area (Å²) < 4.78 is 5.39. The number of hydrogen-bond acceptors (Lipinski definition) is 7. The van der Waals surface area contributed by atoms with E-state index in [0.29, 0.717) is 24.0 Å². The molecular formula is C36H40O7. The van der Waals surface area contributed by atoms with Gasteiger partial charge in [0.2, 0.25) is 0 Å². The highest BCUT2D eigenvalue weighted by Crippen LogP contribution is 2.51. The predicted octanol–water partition coefficient (Wildman–Crippen LogP) is 5.49. The molecule has 2 aliphatic carbocycles. The lowest BCUT2D eigenvalue weighted by Crippen LogP contribution is -2.41. The molecule has 0 heterocycles. The van der Waals surface area contributed by atoms with Crippen LogP contribution in [0.15, 0.2) is 60.7 Å². The molecule has 7 heteroatoms. The summed E-state index contributed by atoms with van der Waals surface area (Å²) in [6, 6.07) is 18.0. The number of ketones is 1. The van der Waals surface area contributed by atoms with E-state index >= 15 is 0 Å². The van der Waals surface area contributed by atoms with Crippen molar-refractivity contribution in [2.75, 3.05) is 7.11 Å². The first-order valence-electron chi connectivity index (χ1n) is 15.0. The van der Waals surface area contributed by atoms with E-state index in [9.17, 15) is 30.3 Å². The highest BCUT2D eigenvalue weighted by atomic mass is 16.5. The normalized spacial score (nSPS) is 23.7. The third-order valence-corrected chi connectivity index (χ3v) is 9.51. The first-order chi connectivity index (χ1) is 20.8. The van der Waals surface area contributed by atoms with E-state index in [1.165, 1.54) is 19.2 Å². The molecule has 0 spiro atoms. The molecule has 2 aliphatic rings. The van der Waals surface area contributed by atoms with Gasteiger partial charge < -0.3 is 30.3 Å². The molecule has 7 nitrogen and oxygen atoms in total. The largest absolute Gasteiger partial charge is 0.504 e. The molecule has 0 saturated heterocycles. The number of carbonyl (C=O) groups excluding carboxylic acids is 1. The number of methoxy groups -OCH3 is 1. The minimum atomic E-state index is -0.950. The van der Waals surface area contributed by atoms with Crippen LogP contribution in [0.2, 0.25) is 0 Å². The van der Waals surface area contributed by atoms with Crippen LogP contribution in [0.3, 0.4) is 0 Å². The fraction of sp³-hybridized carbons (Fsp3) is 0.417. The SMILES string of the molecule is COc1cc([C@@H]2CC(=O)C[C@H](O)[C@H](C3(c4ccc(O)c(O)c4)CCCC3)CC#C[C@H]2Cc2ccccc2)c(CO)cc1O. The Morgan fingerprint density at radius 1 is 0.930 bits per heavy atom. The van der Waals surface area contributed by atoms with Gasteiger partial charge in [0.05, 0.1) is 19.8 Å². The number of phenols is 3. The Labute approximate surface area is 252 Å². The summed E-state index contributed by atoms with van der Waals surface area (Å²) in [7, 11) is 1.46. The monoisotopic (exact) mass is 584 g/mol. The summed E-state index contributed by atoms with van der Waals surface area (Å²) in [5, 5.41) is 52.6. The molecule has 5 rings (SSSR count). The second kappa shape index (κ2) is 13.1. The van der Waals surface area contributed by atoms with Crippen molar-refractivity contribution < 1.29 is 35.1 Å². The molecule has 3 aromatic rings. The van der Waals surface area contributed by atoms with Crippen LogP contribution in [-0.4, -0.2) is 44.5 Å². The summed E-state index contributed by atoms with van der Waals surface area (Å²) in [6.45, 7) is -0.324. The van der Waals surface area contributed by atoms with Crippen molar-refractivity contribution in [2.24, 2.45) is 11.8 Å².